The number of benzene rings is 1. The quantitative estimate of drug-likeness (QED) is 0.737. The number of rotatable bonds is 7. The molecule has 0 bridgehead atoms. The first-order valence-electron chi connectivity index (χ1n) is 6.48. The van der Waals surface area contributed by atoms with Crippen molar-refractivity contribution in [2.75, 3.05) is 12.8 Å². The van der Waals surface area contributed by atoms with Crippen LogP contribution in [-0.2, 0) is 21.2 Å². The van der Waals surface area contributed by atoms with Crippen molar-refractivity contribution in [1.29, 1.82) is 0 Å². The molecule has 5 nitrogen and oxygen atoms in total. The van der Waals surface area contributed by atoms with Gasteiger partial charge >= 0.3 is 0 Å². The lowest BCUT2D eigenvalue weighted by atomic mass is 10.0. The van der Waals surface area contributed by atoms with Crippen molar-refractivity contribution in [2.45, 2.75) is 25.8 Å². The van der Waals surface area contributed by atoms with Crippen LogP contribution in [0.15, 0.2) is 22.7 Å². The van der Waals surface area contributed by atoms with Crippen molar-refractivity contribution in [3.8, 4) is 0 Å². The van der Waals surface area contributed by atoms with Gasteiger partial charge in [0.05, 0.1) is 5.75 Å². The normalized spacial score (nSPS) is 13.2. The molecule has 2 N–H and O–H groups in total. The molecule has 0 heterocycles. The summed E-state index contributed by atoms with van der Waals surface area (Å²) in [6.07, 6.45) is -2.56. The van der Waals surface area contributed by atoms with Crippen molar-refractivity contribution in [2.24, 2.45) is 0 Å². The molecule has 0 fully saturated rings. The van der Waals surface area contributed by atoms with Crippen LogP contribution < -0.4 is 10.0 Å². The highest BCUT2D eigenvalue weighted by Crippen LogP contribution is 2.28. The van der Waals surface area contributed by atoms with Gasteiger partial charge in [0.2, 0.25) is 15.9 Å². The van der Waals surface area contributed by atoms with E-state index in [9.17, 15) is 22.0 Å². The highest BCUT2D eigenvalue weighted by atomic mass is 79.9. The van der Waals surface area contributed by atoms with E-state index in [1.54, 1.807) is 0 Å². The van der Waals surface area contributed by atoms with Gasteiger partial charge in [0, 0.05) is 17.1 Å². The molecule has 0 spiro atoms. The third-order valence-corrected chi connectivity index (χ3v) is 5.10. The van der Waals surface area contributed by atoms with Crippen LogP contribution >= 0.6 is 15.9 Å². The fourth-order valence-corrected chi connectivity index (χ4v) is 3.16. The maximum Gasteiger partial charge on any atom is 0.264 e. The molecule has 0 aromatic heterocycles. The summed E-state index contributed by atoms with van der Waals surface area (Å²) in [6, 6.07) is 3.15. The van der Waals surface area contributed by atoms with Gasteiger partial charge in [0.15, 0.2) is 0 Å². The fourth-order valence-electron chi connectivity index (χ4n) is 1.77. The number of amides is 1. The van der Waals surface area contributed by atoms with Crippen LogP contribution in [-0.4, -0.2) is 33.2 Å². The minimum Gasteiger partial charge on any atom is -0.358 e. The van der Waals surface area contributed by atoms with E-state index in [1.807, 2.05) is 0 Å². The number of halogens is 3. The zero-order valence-electron chi connectivity index (χ0n) is 12.1. The summed E-state index contributed by atoms with van der Waals surface area (Å²) >= 11 is 3.05. The molecule has 22 heavy (non-hydrogen) atoms. The summed E-state index contributed by atoms with van der Waals surface area (Å²) in [4.78, 5) is 11.8. The molecule has 0 aliphatic heterocycles. The first-order valence-corrected chi connectivity index (χ1v) is 8.92. The lowest BCUT2D eigenvalue weighted by molar-refractivity contribution is -0.122. The Kier molecular flexibility index (Phi) is 6.89. The van der Waals surface area contributed by atoms with Crippen molar-refractivity contribution < 1.29 is 22.0 Å². The minimum atomic E-state index is -3.57. The SMILES string of the molecule is CCS(=O)(=O)NC(Cc1ccc(C(F)F)c(Br)c1)C(=O)NC. The predicted octanol–water partition coefficient (Wildman–Crippen LogP) is 1.98. The van der Waals surface area contributed by atoms with Crippen LogP contribution in [0, 0.1) is 0 Å². The van der Waals surface area contributed by atoms with Gasteiger partial charge in [-0.05, 0) is 25.0 Å². The van der Waals surface area contributed by atoms with E-state index in [0.29, 0.717) is 5.56 Å². The van der Waals surface area contributed by atoms with Crippen molar-refractivity contribution >= 4 is 31.9 Å². The molecule has 0 radical (unpaired) electrons. The second-order valence-corrected chi connectivity index (χ2v) is 7.45. The number of carbonyl (C=O) groups excluding carboxylic acids is 1. The molecule has 1 aromatic carbocycles. The number of likely N-dealkylation sites (N-methyl/N-ethyl adjacent to an activating group) is 1. The minimum absolute atomic E-state index is 0.0566. The Bertz CT molecular complexity index is 638. The molecule has 1 unspecified atom stereocenters. The van der Waals surface area contributed by atoms with Gasteiger partial charge in [-0.3, -0.25) is 4.79 Å². The molecule has 1 aromatic rings. The van der Waals surface area contributed by atoms with Crippen molar-refractivity contribution in [3.63, 3.8) is 0 Å². The van der Waals surface area contributed by atoms with Gasteiger partial charge < -0.3 is 5.32 Å². The Morgan fingerprint density at radius 1 is 1.36 bits per heavy atom. The summed E-state index contributed by atoms with van der Waals surface area (Å²) in [7, 11) is -2.17. The number of alkyl halides is 2. The van der Waals surface area contributed by atoms with E-state index in [2.05, 4.69) is 26.0 Å². The van der Waals surface area contributed by atoms with E-state index in [4.69, 9.17) is 0 Å². The molecule has 1 amide bonds. The zero-order valence-corrected chi connectivity index (χ0v) is 14.5. The molecule has 0 saturated heterocycles. The third-order valence-electron chi connectivity index (χ3n) is 3.00. The predicted molar refractivity (Wildman–Crippen MR) is 83.3 cm³/mol. The van der Waals surface area contributed by atoms with Gasteiger partial charge in [-0.15, -0.1) is 0 Å². The van der Waals surface area contributed by atoms with Gasteiger partial charge in [-0.25, -0.2) is 21.9 Å². The van der Waals surface area contributed by atoms with E-state index < -0.39 is 28.4 Å². The summed E-state index contributed by atoms with van der Waals surface area (Å²) in [5.41, 5.74) is 0.401. The standard InChI is InChI=1S/C13H17BrF2N2O3S/c1-3-22(20,21)18-11(13(19)17-2)7-8-4-5-9(12(15)16)10(14)6-8/h4-6,11-12,18H,3,7H2,1-2H3,(H,17,19). The second-order valence-electron chi connectivity index (χ2n) is 4.55. The topological polar surface area (TPSA) is 75.3 Å². The summed E-state index contributed by atoms with van der Waals surface area (Å²) in [5, 5.41) is 2.38. The largest absolute Gasteiger partial charge is 0.358 e. The molecule has 1 atom stereocenters. The Labute approximate surface area is 136 Å². The Morgan fingerprint density at radius 2 is 2.00 bits per heavy atom. The molecule has 0 saturated carbocycles. The number of hydrogen-bond acceptors (Lipinski definition) is 3. The van der Waals surface area contributed by atoms with Crippen molar-refractivity contribution in [3.05, 3.63) is 33.8 Å². The van der Waals surface area contributed by atoms with Gasteiger partial charge in [-0.2, -0.15) is 0 Å². The molecule has 0 aliphatic carbocycles. The lowest BCUT2D eigenvalue weighted by Gasteiger charge is -2.17. The van der Waals surface area contributed by atoms with E-state index in [0.717, 1.165) is 0 Å². The van der Waals surface area contributed by atoms with Gasteiger partial charge in [0.1, 0.15) is 6.04 Å². The highest BCUT2D eigenvalue weighted by molar-refractivity contribution is 9.10. The van der Waals surface area contributed by atoms with E-state index in [1.165, 1.54) is 32.2 Å². The zero-order chi connectivity index (χ0) is 16.9. The van der Waals surface area contributed by atoms with Gasteiger partial charge in [0.25, 0.3) is 6.43 Å². The molecule has 124 valence electrons. The summed E-state index contributed by atoms with van der Waals surface area (Å²) in [6.45, 7) is 1.46. The number of nitrogens with one attached hydrogen (secondary N) is 2. The monoisotopic (exact) mass is 398 g/mol. The smallest absolute Gasteiger partial charge is 0.264 e. The molecule has 0 aliphatic rings. The first-order chi connectivity index (χ1) is 10.2. The Balaban J connectivity index is 3.00. The number of hydrogen-bond donors (Lipinski definition) is 2. The average Bonchev–Trinajstić information content (AvgIpc) is 2.45. The number of carbonyl (C=O) groups is 1. The average molecular weight is 399 g/mol. The lowest BCUT2D eigenvalue weighted by Crippen LogP contribution is -2.47. The number of sulfonamides is 1. The van der Waals surface area contributed by atoms with Gasteiger partial charge in [-0.1, -0.05) is 28.1 Å². The fraction of sp³-hybridized carbons (Fsp3) is 0.462. The first kappa shape index (κ1) is 19.0. The maximum atomic E-state index is 12.7. The van der Waals surface area contributed by atoms with Crippen LogP contribution in [0.1, 0.15) is 24.5 Å². The van der Waals surface area contributed by atoms with Crippen LogP contribution in [0.5, 0.6) is 0 Å². The summed E-state index contributed by atoms with van der Waals surface area (Å²) < 4.78 is 51.1. The van der Waals surface area contributed by atoms with Crippen molar-refractivity contribution in [1.82, 2.24) is 10.0 Å². The van der Waals surface area contributed by atoms with Crippen LogP contribution in [0.3, 0.4) is 0 Å². The van der Waals surface area contributed by atoms with Crippen LogP contribution in [0.4, 0.5) is 8.78 Å². The van der Waals surface area contributed by atoms with Crippen LogP contribution in [0.25, 0.3) is 0 Å². The highest BCUT2D eigenvalue weighted by Gasteiger charge is 2.23. The molecular weight excluding hydrogens is 382 g/mol. The third kappa shape index (κ3) is 5.29. The Morgan fingerprint density at radius 3 is 2.45 bits per heavy atom. The maximum absolute atomic E-state index is 12.7. The summed E-state index contributed by atoms with van der Waals surface area (Å²) in [5.74, 6) is -0.653. The van der Waals surface area contributed by atoms with Crippen LogP contribution in [0.2, 0.25) is 0 Å². The molecule has 9 heteroatoms. The van der Waals surface area contributed by atoms with E-state index >= 15 is 0 Å². The van der Waals surface area contributed by atoms with E-state index in [-0.39, 0.29) is 22.2 Å². The second kappa shape index (κ2) is 7.98. The molecule has 1 rings (SSSR count). The Hall–Kier alpha value is -1.06. The molecular formula is C13H17BrF2N2O3S.